The Bertz CT molecular complexity index is 597. The van der Waals surface area contributed by atoms with Gasteiger partial charge in [-0.15, -0.1) is 0 Å². The molecule has 0 bridgehead atoms. The van der Waals surface area contributed by atoms with Crippen molar-refractivity contribution >= 4 is 34.7 Å². The second kappa shape index (κ2) is 9.14. The molecule has 0 spiro atoms. The number of nitrogens with zero attached hydrogens (tertiary/aromatic N) is 3. The zero-order chi connectivity index (χ0) is 17.6. The molecule has 1 saturated carbocycles. The van der Waals surface area contributed by atoms with Crippen molar-refractivity contribution in [1.29, 1.82) is 0 Å². The average Bonchev–Trinajstić information content (AvgIpc) is 3.06. The maximum Gasteiger partial charge on any atom is 0.119 e. The highest BCUT2D eigenvalue weighted by molar-refractivity contribution is 6.36. The fraction of sp³-hybridized carbons (Fsp3) is 0.650. The molecular formula is C20H29Cl2N3. The normalized spacial score (nSPS) is 18.5. The lowest BCUT2D eigenvalue weighted by Crippen LogP contribution is -2.44. The smallest absolute Gasteiger partial charge is 0.119 e. The molecule has 25 heavy (non-hydrogen) atoms. The van der Waals surface area contributed by atoms with Crippen LogP contribution in [0.25, 0.3) is 0 Å². The van der Waals surface area contributed by atoms with Crippen molar-refractivity contribution in [2.24, 2.45) is 4.99 Å². The van der Waals surface area contributed by atoms with Crippen molar-refractivity contribution in [3.05, 3.63) is 28.2 Å². The van der Waals surface area contributed by atoms with Crippen LogP contribution in [0.15, 0.2) is 23.2 Å². The Balaban J connectivity index is 1.81. The van der Waals surface area contributed by atoms with Crippen LogP contribution < -0.4 is 4.90 Å². The molecule has 1 aromatic rings. The minimum Gasteiger partial charge on any atom is -0.360 e. The minimum atomic E-state index is 0.545. The standard InChI is InChI=1S/C20H29Cl2N3/c1-2-3-12-24-13-11-23-20(24)15-25(17-7-5-4-6-8-17)19-10-9-16(21)14-18(19)22/h9-10,14,17H,2-8,11-13,15H2,1H3. The Morgan fingerprint density at radius 1 is 1.20 bits per heavy atom. The van der Waals surface area contributed by atoms with Gasteiger partial charge in [0.1, 0.15) is 5.84 Å². The lowest BCUT2D eigenvalue weighted by Gasteiger charge is -2.38. The molecule has 3 nitrogen and oxygen atoms in total. The minimum absolute atomic E-state index is 0.545. The lowest BCUT2D eigenvalue weighted by molar-refractivity contribution is 0.410. The third-order valence-corrected chi connectivity index (χ3v) is 5.90. The molecule has 0 radical (unpaired) electrons. The predicted octanol–water partition coefficient (Wildman–Crippen LogP) is 5.65. The second-order valence-corrected chi connectivity index (χ2v) is 8.00. The molecule has 0 N–H and O–H groups in total. The summed E-state index contributed by atoms with van der Waals surface area (Å²) in [4.78, 5) is 9.76. The van der Waals surface area contributed by atoms with Gasteiger partial charge in [-0.2, -0.15) is 0 Å². The van der Waals surface area contributed by atoms with E-state index in [-0.39, 0.29) is 0 Å². The molecule has 1 heterocycles. The third-order valence-electron chi connectivity index (χ3n) is 5.36. The van der Waals surface area contributed by atoms with E-state index >= 15 is 0 Å². The first-order chi connectivity index (χ1) is 12.2. The van der Waals surface area contributed by atoms with Crippen molar-refractivity contribution in [3.63, 3.8) is 0 Å². The molecular weight excluding hydrogens is 353 g/mol. The highest BCUT2D eigenvalue weighted by Crippen LogP contribution is 2.34. The molecule has 1 aliphatic heterocycles. The van der Waals surface area contributed by atoms with E-state index in [0.29, 0.717) is 11.1 Å². The van der Waals surface area contributed by atoms with E-state index in [4.69, 9.17) is 28.2 Å². The van der Waals surface area contributed by atoms with Crippen LogP contribution in [0.2, 0.25) is 10.0 Å². The molecule has 0 saturated heterocycles. The summed E-state index contributed by atoms with van der Waals surface area (Å²) in [5, 5.41) is 1.44. The van der Waals surface area contributed by atoms with Gasteiger partial charge in [0, 0.05) is 24.2 Å². The summed E-state index contributed by atoms with van der Waals surface area (Å²) in [7, 11) is 0. The Morgan fingerprint density at radius 3 is 2.72 bits per heavy atom. The van der Waals surface area contributed by atoms with Crippen LogP contribution in [0.4, 0.5) is 5.69 Å². The van der Waals surface area contributed by atoms with Gasteiger partial charge in [0.15, 0.2) is 0 Å². The van der Waals surface area contributed by atoms with Crippen LogP contribution in [-0.2, 0) is 0 Å². The number of hydrogen-bond donors (Lipinski definition) is 0. The number of unbranched alkanes of at least 4 members (excludes halogenated alkanes) is 1. The van der Waals surface area contributed by atoms with Crippen LogP contribution in [0.1, 0.15) is 51.9 Å². The van der Waals surface area contributed by atoms with E-state index in [0.717, 1.165) is 36.9 Å². The van der Waals surface area contributed by atoms with Gasteiger partial charge in [-0.3, -0.25) is 4.99 Å². The SMILES string of the molecule is CCCCN1CCN=C1CN(c1ccc(Cl)cc1Cl)C1CCCCC1. The molecule has 1 aliphatic carbocycles. The molecule has 0 amide bonds. The van der Waals surface area contributed by atoms with Gasteiger partial charge in [-0.25, -0.2) is 0 Å². The monoisotopic (exact) mass is 381 g/mol. The van der Waals surface area contributed by atoms with Gasteiger partial charge in [0.25, 0.3) is 0 Å². The third kappa shape index (κ3) is 4.83. The number of aliphatic imine (C=N–C) groups is 1. The molecule has 0 aromatic heterocycles. The van der Waals surface area contributed by atoms with Crippen molar-refractivity contribution in [2.45, 2.75) is 57.9 Å². The first-order valence-corrected chi connectivity index (χ1v) is 10.4. The van der Waals surface area contributed by atoms with Gasteiger partial charge in [-0.1, -0.05) is 55.8 Å². The molecule has 2 aliphatic rings. The summed E-state index contributed by atoms with van der Waals surface area (Å²) >= 11 is 12.7. The van der Waals surface area contributed by atoms with Crippen LogP contribution in [0.5, 0.6) is 0 Å². The van der Waals surface area contributed by atoms with Crippen LogP contribution in [0, 0.1) is 0 Å². The van der Waals surface area contributed by atoms with Crippen molar-refractivity contribution in [1.82, 2.24) is 4.90 Å². The summed E-state index contributed by atoms with van der Waals surface area (Å²) < 4.78 is 0. The highest BCUT2D eigenvalue weighted by atomic mass is 35.5. The Morgan fingerprint density at radius 2 is 2.00 bits per heavy atom. The topological polar surface area (TPSA) is 18.8 Å². The predicted molar refractivity (Wildman–Crippen MR) is 109 cm³/mol. The Kier molecular flexibility index (Phi) is 6.89. The fourth-order valence-corrected chi connectivity index (χ4v) is 4.46. The van der Waals surface area contributed by atoms with Crippen LogP contribution in [0.3, 0.4) is 0 Å². The number of hydrogen-bond acceptors (Lipinski definition) is 3. The number of rotatable bonds is 7. The second-order valence-electron chi connectivity index (χ2n) is 7.15. The fourth-order valence-electron chi connectivity index (χ4n) is 3.94. The number of amidine groups is 1. The van der Waals surface area contributed by atoms with E-state index in [1.807, 2.05) is 12.1 Å². The largest absolute Gasteiger partial charge is 0.360 e. The Hall–Kier alpha value is -0.930. The van der Waals surface area contributed by atoms with Crippen LogP contribution in [-0.4, -0.2) is 43.0 Å². The number of benzene rings is 1. The molecule has 3 rings (SSSR count). The number of anilines is 1. The zero-order valence-electron chi connectivity index (χ0n) is 15.2. The van der Waals surface area contributed by atoms with Gasteiger partial charge >= 0.3 is 0 Å². The molecule has 1 fully saturated rings. The maximum atomic E-state index is 6.57. The Labute approximate surface area is 162 Å². The van der Waals surface area contributed by atoms with Gasteiger partial charge in [0.05, 0.1) is 23.8 Å². The molecule has 138 valence electrons. The van der Waals surface area contributed by atoms with E-state index in [1.54, 1.807) is 0 Å². The lowest BCUT2D eigenvalue weighted by atomic mass is 9.93. The molecule has 0 atom stereocenters. The zero-order valence-corrected chi connectivity index (χ0v) is 16.7. The summed E-state index contributed by atoms with van der Waals surface area (Å²) in [5.74, 6) is 1.23. The molecule has 0 unspecified atom stereocenters. The van der Waals surface area contributed by atoms with E-state index in [1.165, 1.54) is 50.8 Å². The molecule has 5 heteroatoms. The van der Waals surface area contributed by atoms with Gasteiger partial charge in [0.2, 0.25) is 0 Å². The average molecular weight is 382 g/mol. The van der Waals surface area contributed by atoms with Gasteiger partial charge < -0.3 is 9.80 Å². The molecule has 1 aromatic carbocycles. The van der Waals surface area contributed by atoms with Gasteiger partial charge in [-0.05, 0) is 37.5 Å². The van der Waals surface area contributed by atoms with Crippen molar-refractivity contribution in [2.75, 3.05) is 31.1 Å². The summed E-state index contributed by atoms with van der Waals surface area (Å²) in [5.41, 5.74) is 1.10. The van der Waals surface area contributed by atoms with Crippen molar-refractivity contribution < 1.29 is 0 Å². The first-order valence-electron chi connectivity index (χ1n) is 9.69. The van der Waals surface area contributed by atoms with Crippen LogP contribution >= 0.6 is 23.2 Å². The quantitative estimate of drug-likeness (QED) is 0.607. The van der Waals surface area contributed by atoms with E-state index in [9.17, 15) is 0 Å². The highest BCUT2D eigenvalue weighted by Gasteiger charge is 2.27. The van der Waals surface area contributed by atoms with E-state index < -0.39 is 0 Å². The van der Waals surface area contributed by atoms with E-state index in [2.05, 4.69) is 22.8 Å². The summed E-state index contributed by atoms with van der Waals surface area (Å²) in [6.45, 7) is 6.20. The maximum absolute atomic E-state index is 6.57. The number of halogens is 2. The summed E-state index contributed by atoms with van der Waals surface area (Å²) in [6.07, 6.45) is 8.88. The van der Waals surface area contributed by atoms with Crippen molar-refractivity contribution in [3.8, 4) is 0 Å². The summed E-state index contributed by atoms with van der Waals surface area (Å²) in [6, 6.07) is 6.43. The first kappa shape index (κ1) is 18.8.